The molecule has 0 aliphatic rings. The molecule has 0 aliphatic heterocycles. The van der Waals surface area contributed by atoms with Gasteiger partial charge in [0, 0.05) is 23.4 Å². The highest BCUT2D eigenvalue weighted by Gasteiger charge is 2.17. The molecule has 1 aromatic heterocycles. The van der Waals surface area contributed by atoms with Crippen LogP contribution in [0.2, 0.25) is 5.02 Å². The lowest BCUT2D eigenvalue weighted by molar-refractivity contribution is -0.116. The van der Waals surface area contributed by atoms with E-state index >= 15 is 0 Å². The second kappa shape index (κ2) is 8.11. The Hall–Kier alpha value is -2.03. The number of nitrogens with zero attached hydrogens (tertiary/aromatic N) is 2. The molecule has 140 valence electrons. The van der Waals surface area contributed by atoms with Crippen molar-refractivity contribution in [3.05, 3.63) is 47.5 Å². The van der Waals surface area contributed by atoms with Gasteiger partial charge in [-0.15, -0.1) is 0 Å². The molecule has 7 nitrogen and oxygen atoms in total. The number of amides is 1. The Labute approximate surface area is 158 Å². The molecule has 1 aromatic carbocycles. The molecule has 0 bridgehead atoms. The van der Waals surface area contributed by atoms with Gasteiger partial charge in [0.1, 0.15) is 5.82 Å². The van der Waals surface area contributed by atoms with Gasteiger partial charge in [-0.2, -0.15) is 0 Å². The van der Waals surface area contributed by atoms with Crippen LogP contribution in [-0.2, 0) is 20.2 Å². The summed E-state index contributed by atoms with van der Waals surface area (Å²) in [4.78, 5) is 20.4. The van der Waals surface area contributed by atoms with E-state index in [4.69, 9.17) is 11.6 Å². The van der Waals surface area contributed by atoms with Gasteiger partial charge >= 0.3 is 0 Å². The highest BCUT2D eigenvalue weighted by Crippen LogP contribution is 2.18. The molecule has 0 unspecified atom stereocenters. The summed E-state index contributed by atoms with van der Waals surface area (Å²) in [7, 11) is -3.71. The number of carbonyl (C=O) groups excluding carboxylic acids is 1. The Balaban J connectivity index is 1.87. The van der Waals surface area contributed by atoms with E-state index in [0.29, 0.717) is 16.5 Å². The van der Waals surface area contributed by atoms with Crippen LogP contribution in [0.25, 0.3) is 0 Å². The van der Waals surface area contributed by atoms with E-state index in [-0.39, 0.29) is 29.2 Å². The average molecular weight is 397 g/mol. The van der Waals surface area contributed by atoms with Crippen LogP contribution in [0.15, 0.2) is 41.6 Å². The van der Waals surface area contributed by atoms with E-state index < -0.39 is 10.0 Å². The van der Waals surface area contributed by atoms with E-state index in [0.717, 1.165) is 0 Å². The maximum atomic E-state index is 12.1. The molecule has 26 heavy (non-hydrogen) atoms. The van der Waals surface area contributed by atoms with Crippen molar-refractivity contribution in [3.63, 3.8) is 0 Å². The van der Waals surface area contributed by atoms with Crippen LogP contribution in [0.5, 0.6) is 0 Å². The molecule has 0 saturated carbocycles. The van der Waals surface area contributed by atoms with E-state index in [2.05, 4.69) is 20.0 Å². The molecule has 0 spiro atoms. The fourth-order valence-corrected chi connectivity index (χ4v) is 3.35. The summed E-state index contributed by atoms with van der Waals surface area (Å²) in [6.45, 7) is 5.94. The SMILES string of the molecule is CC(C)(C)c1ncc(NC(=O)CCNS(=O)(=O)c2cccc(Cl)c2)cn1. The summed E-state index contributed by atoms with van der Waals surface area (Å²) in [6.07, 6.45) is 3.03. The molecular weight excluding hydrogens is 376 g/mol. The minimum atomic E-state index is -3.71. The number of aromatic nitrogens is 2. The standard InChI is InChI=1S/C17H21ClN4O3S/c1-17(2,3)16-19-10-13(11-20-16)22-15(23)7-8-21-26(24,25)14-6-4-5-12(18)9-14/h4-6,9-11,21H,7-8H2,1-3H3,(H,22,23). The van der Waals surface area contributed by atoms with Gasteiger partial charge in [-0.05, 0) is 18.2 Å². The lowest BCUT2D eigenvalue weighted by Crippen LogP contribution is -2.28. The molecule has 0 aliphatic carbocycles. The highest BCUT2D eigenvalue weighted by atomic mass is 35.5. The molecule has 2 N–H and O–H groups in total. The third-order valence-corrected chi connectivity index (χ3v) is 5.05. The minimum Gasteiger partial charge on any atom is -0.323 e. The van der Waals surface area contributed by atoms with Crippen molar-refractivity contribution in [3.8, 4) is 0 Å². The van der Waals surface area contributed by atoms with Gasteiger partial charge in [-0.3, -0.25) is 4.79 Å². The zero-order valence-corrected chi connectivity index (χ0v) is 16.4. The van der Waals surface area contributed by atoms with Crippen LogP contribution < -0.4 is 10.0 Å². The first-order valence-electron chi connectivity index (χ1n) is 7.95. The Bertz CT molecular complexity index is 878. The molecule has 2 aromatic rings. The van der Waals surface area contributed by atoms with Gasteiger partial charge in [0.25, 0.3) is 0 Å². The largest absolute Gasteiger partial charge is 0.323 e. The second-order valence-electron chi connectivity index (χ2n) is 6.70. The molecule has 1 amide bonds. The summed E-state index contributed by atoms with van der Waals surface area (Å²) in [5, 5.41) is 2.96. The molecular formula is C17H21ClN4O3S. The molecule has 0 radical (unpaired) electrons. The van der Waals surface area contributed by atoms with Crippen LogP contribution in [0.1, 0.15) is 33.0 Å². The molecule has 2 rings (SSSR count). The second-order valence-corrected chi connectivity index (χ2v) is 8.90. The number of anilines is 1. The van der Waals surface area contributed by atoms with Crippen molar-refractivity contribution < 1.29 is 13.2 Å². The first-order valence-corrected chi connectivity index (χ1v) is 9.82. The number of carbonyl (C=O) groups is 1. The molecule has 0 fully saturated rings. The minimum absolute atomic E-state index is 0.0270. The van der Waals surface area contributed by atoms with Crippen LogP contribution in [-0.4, -0.2) is 30.8 Å². The monoisotopic (exact) mass is 396 g/mol. The number of benzene rings is 1. The Morgan fingerprint density at radius 3 is 2.42 bits per heavy atom. The number of sulfonamides is 1. The summed E-state index contributed by atoms with van der Waals surface area (Å²) in [5.41, 5.74) is 0.280. The zero-order valence-electron chi connectivity index (χ0n) is 14.8. The van der Waals surface area contributed by atoms with Gasteiger partial charge in [0.2, 0.25) is 15.9 Å². The van der Waals surface area contributed by atoms with Crippen molar-refractivity contribution in [2.75, 3.05) is 11.9 Å². The predicted molar refractivity (Wildman–Crippen MR) is 101 cm³/mol. The summed E-state index contributed by atoms with van der Waals surface area (Å²) in [6, 6.07) is 5.91. The van der Waals surface area contributed by atoms with Crippen LogP contribution in [0.3, 0.4) is 0 Å². The number of nitrogens with one attached hydrogen (secondary N) is 2. The Morgan fingerprint density at radius 1 is 1.19 bits per heavy atom. The average Bonchev–Trinajstić information content (AvgIpc) is 2.54. The number of hydrogen-bond donors (Lipinski definition) is 2. The molecule has 0 saturated heterocycles. The van der Waals surface area contributed by atoms with Crippen LogP contribution in [0, 0.1) is 0 Å². The lowest BCUT2D eigenvalue weighted by Gasteiger charge is -2.16. The molecule has 1 heterocycles. The smallest absolute Gasteiger partial charge is 0.240 e. The fraction of sp³-hybridized carbons (Fsp3) is 0.353. The first-order chi connectivity index (χ1) is 12.1. The van der Waals surface area contributed by atoms with Crippen LogP contribution >= 0.6 is 11.6 Å². The highest BCUT2D eigenvalue weighted by molar-refractivity contribution is 7.89. The topological polar surface area (TPSA) is 101 Å². The molecule has 9 heteroatoms. The number of halogens is 1. The van der Waals surface area contributed by atoms with Crippen molar-refractivity contribution in [1.82, 2.24) is 14.7 Å². The van der Waals surface area contributed by atoms with E-state index in [1.54, 1.807) is 12.1 Å². The van der Waals surface area contributed by atoms with Gasteiger partial charge < -0.3 is 5.32 Å². The van der Waals surface area contributed by atoms with Gasteiger partial charge in [0.15, 0.2) is 0 Å². The van der Waals surface area contributed by atoms with Gasteiger partial charge in [0.05, 0.1) is 23.0 Å². The van der Waals surface area contributed by atoms with Crippen molar-refractivity contribution in [2.45, 2.75) is 37.5 Å². The number of rotatable bonds is 6. The van der Waals surface area contributed by atoms with Crippen molar-refractivity contribution in [2.24, 2.45) is 0 Å². The normalized spacial score (nSPS) is 12.0. The first kappa shape index (κ1) is 20.3. The summed E-state index contributed by atoms with van der Waals surface area (Å²) in [5.74, 6) is 0.329. The van der Waals surface area contributed by atoms with Gasteiger partial charge in [-0.1, -0.05) is 38.4 Å². The van der Waals surface area contributed by atoms with Crippen LogP contribution in [0.4, 0.5) is 5.69 Å². The number of hydrogen-bond acceptors (Lipinski definition) is 5. The predicted octanol–water partition coefficient (Wildman–Crippen LogP) is 2.73. The van der Waals surface area contributed by atoms with Crippen molar-refractivity contribution >= 4 is 33.2 Å². The summed E-state index contributed by atoms with van der Waals surface area (Å²) >= 11 is 5.80. The Morgan fingerprint density at radius 2 is 1.85 bits per heavy atom. The summed E-state index contributed by atoms with van der Waals surface area (Å²) < 4.78 is 26.6. The van der Waals surface area contributed by atoms with E-state index in [9.17, 15) is 13.2 Å². The van der Waals surface area contributed by atoms with E-state index in [1.165, 1.54) is 24.5 Å². The molecule has 0 atom stereocenters. The third-order valence-electron chi connectivity index (χ3n) is 3.36. The van der Waals surface area contributed by atoms with Crippen molar-refractivity contribution in [1.29, 1.82) is 0 Å². The van der Waals surface area contributed by atoms with Gasteiger partial charge in [-0.25, -0.2) is 23.1 Å². The third kappa shape index (κ3) is 5.76. The zero-order chi connectivity index (χ0) is 19.4. The maximum Gasteiger partial charge on any atom is 0.240 e. The fourth-order valence-electron chi connectivity index (χ4n) is 2.02. The Kier molecular flexibility index (Phi) is 6.33. The lowest BCUT2D eigenvalue weighted by atomic mass is 9.96. The van der Waals surface area contributed by atoms with E-state index in [1.807, 2.05) is 20.8 Å². The quantitative estimate of drug-likeness (QED) is 0.781. The maximum absolute atomic E-state index is 12.1.